The van der Waals surface area contributed by atoms with Gasteiger partial charge in [-0.25, -0.2) is 13.8 Å². The van der Waals surface area contributed by atoms with Crippen LogP contribution in [0.3, 0.4) is 0 Å². The smallest absolute Gasteiger partial charge is 0.219 e. The minimum absolute atomic E-state index is 0.117. The molecule has 0 unspecified atom stereocenters. The van der Waals surface area contributed by atoms with E-state index in [4.69, 9.17) is 10.5 Å². The van der Waals surface area contributed by atoms with Gasteiger partial charge in [0.05, 0.1) is 0 Å². The van der Waals surface area contributed by atoms with Crippen LogP contribution in [0.15, 0.2) is 36.5 Å². The Bertz CT molecular complexity index is 494. The Morgan fingerprint density at radius 3 is 2.35 bits per heavy atom. The van der Waals surface area contributed by atoms with Crippen molar-refractivity contribution in [1.82, 2.24) is 4.98 Å². The molecule has 0 atom stereocenters. The van der Waals surface area contributed by atoms with Crippen molar-refractivity contribution in [3.05, 3.63) is 53.7 Å². The lowest BCUT2D eigenvalue weighted by atomic mass is 10.3. The van der Waals surface area contributed by atoms with Crippen molar-refractivity contribution in [2.24, 2.45) is 5.73 Å². The summed E-state index contributed by atoms with van der Waals surface area (Å²) in [6.45, 7) is 0.349. The van der Waals surface area contributed by atoms with E-state index < -0.39 is 17.4 Å². The van der Waals surface area contributed by atoms with E-state index in [2.05, 4.69) is 4.98 Å². The Morgan fingerprint density at radius 2 is 1.82 bits per heavy atom. The molecule has 3 nitrogen and oxygen atoms in total. The number of aromatic nitrogens is 1. The molecule has 0 saturated carbocycles. The molecule has 2 N–H and O–H groups in total. The Kier molecular flexibility index (Phi) is 3.30. The average molecular weight is 236 g/mol. The number of hydrogen-bond acceptors (Lipinski definition) is 3. The van der Waals surface area contributed by atoms with Gasteiger partial charge in [0.2, 0.25) is 11.6 Å². The van der Waals surface area contributed by atoms with Crippen LogP contribution < -0.4 is 10.5 Å². The summed E-state index contributed by atoms with van der Waals surface area (Å²) in [4.78, 5) is 3.89. The molecule has 0 radical (unpaired) electrons. The van der Waals surface area contributed by atoms with Gasteiger partial charge in [0.25, 0.3) is 0 Å². The fraction of sp³-hybridized carbons (Fsp3) is 0.0833. The van der Waals surface area contributed by atoms with Crippen molar-refractivity contribution in [1.29, 1.82) is 0 Å². The summed E-state index contributed by atoms with van der Waals surface area (Å²) in [5.74, 6) is -1.88. The average Bonchev–Trinajstić information content (AvgIpc) is 2.35. The van der Waals surface area contributed by atoms with E-state index in [0.29, 0.717) is 6.54 Å². The van der Waals surface area contributed by atoms with Crippen LogP contribution in [0.1, 0.15) is 5.56 Å². The first-order valence-corrected chi connectivity index (χ1v) is 4.97. The minimum atomic E-state index is -0.769. The van der Waals surface area contributed by atoms with Crippen LogP contribution >= 0.6 is 0 Å². The quantitative estimate of drug-likeness (QED) is 0.891. The maximum Gasteiger partial charge on any atom is 0.219 e. The molecule has 2 aromatic rings. The van der Waals surface area contributed by atoms with E-state index in [1.54, 1.807) is 6.07 Å². The second-order valence-corrected chi connectivity index (χ2v) is 3.36. The predicted octanol–water partition coefficient (Wildman–Crippen LogP) is 2.61. The fourth-order valence-electron chi connectivity index (χ4n) is 1.28. The van der Waals surface area contributed by atoms with Gasteiger partial charge in [0.1, 0.15) is 0 Å². The van der Waals surface area contributed by atoms with Crippen molar-refractivity contribution in [3.8, 4) is 11.6 Å². The summed E-state index contributed by atoms with van der Waals surface area (Å²) in [6, 6.07) is 6.69. The highest BCUT2D eigenvalue weighted by Crippen LogP contribution is 2.25. The third kappa shape index (κ3) is 2.57. The van der Waals surface area contributed by atoms with E-state index in [9.17, 15) is 8.78 Å². The zero-order valence-electron chi connectivity index (χ0n) is 8.86. The third-order valence-corrected chi connectivity index (χ3v) is 2.16. The van der Waals surface area contributed by atoms with Gasteiger partial charge in [-0.05, 0) is 17.7 Å². The van der Waals surface area contributed by atoms with Gasteiger partial charge in [-0.3, -0.25) is 0 Å². The van der Waals surface area contributed by atoms with E-state index in [-0.39, 0.29) is 5.88 Å². The van der Waals surface area contributed by atoms with Crippen molar-refractivity contribution in [3.63, 3.8) is 0 Å². The van der Waals surface area contributed by atoms with Gasteiger partial charge in [-0.15, -0.1) is 0 Å². The van der Waals surface area contributed by atoms with Crippen LogP contribution in [0, 0.1) is 11.6 Å². The largest absolute Gasteiger partial charge is 0.433 e. The molecule has 88 valence electrons. The van der Waals surface area contributed by atoms with E-state index in [1.165, 1.54) is 18.3 Å². The second-order valence-electron chi connectivity index (χ2n) is 3.36. The molecule has 0 bridgehead atoms. The summed E-state index contributed by atoms with van der Waals surface area (Å²) in [7, 11) is 0. The van der Waals surface area contributed by atoms with Crippen molar-refractivity contribution < 1.29 is 13.5 Å². The monoisotopic (exact) mass is 236 g/mol. The summed E-state index contributed by atoms with van der Waals surface area (Å²) in [6.07, 6.45) is 1.49. The number of nitrogens with two attached hydrogens (primary N) is 1. The molecule has 1 aromatic heterocycles. The Labute approximate surface area is 96.9 Å². The first-order chi connectivity index (χ1) is 8.20. The zero-order chi connectivity index (χ0) is 12.3. The van der Waals surface area contributed by atoms with Crippen LogP contribution in [-0.2, 0) is 6.54 Å². The molecule has 2 rings (SSSR count). The Morgan fingerprint density at radius 1 is 1.12 bits per heavy atom. The minimum Gasteiger partial charge on any atom is -0.433 e. The number of benzene rings is 1. The lowest BCUT2D eigenvalue weighted by Crippen LogP contribution is -1.98. The van der Waals surface area contributed by atoms with Crippen LogP contribution in [0.4, 0.5) is 8.78 Å². The van der Waals surface area contributed by atoms with E-state index >= 15 is 0 Å². The SMILES string of the molecule is NCc1ccc(Oc2c(F)cccc2F)nc1. The van der Waals surface area contributed by atoms with Gasteiger partial charge in [0, 0.05) is 18.8 Å². The second kappa shape index (κ2) is 4.88. The lowest BCUT2D eigenvalue weighted by molar-refractivity contribution is 0.395. The molecular formula is C12H10F2N2O. The van der Waals surface area contributed by atoms with Crippen LogP contribution in [0.2, 0.25) is 0 Å². The van der Waals surface area contributed by atoms with Crippen molar-refractivity contribution >= 4 is 0 Å². The topological polar surface area (TPSA) is 48.1 Å². The van der Waals surface area contributed by atoms with E-state index in [0.717, 1.165) is 17.7 Å². The van der Waals surface area contributed by atoms with Crippen LogP contribution in [0.25, 0.3) is 0 Å². The number of halogens is 2. The van der Waals surface area contributed by atoms with Crippen molar-refractivity contribution in [2.75, 3.05) is 0 Å². The summed E-state index contributed by atoms with van der Waals surface area (Å²) >= 11 is 0. The van der Waals surface area contributed by atoms with Crippen LogP contribution in [0.5, 0.6) is 11.6 Å². The predicted molar refractivity (Wildman–Crippen MR) is 58.6 cm³/mol. The molecule has 0 amide bonds. The molecule has 5 heteroatoms. The summed E-state index contributed by atoms with van der Waals surface area (Å²) in [5, 5.41) is 0. The Balaban J connectivity index is 2.25. The highest BCUT2D eigenvalue weighted by Gasteiger charge is 2.11. The number of nitrogens with zero attached hydrogens (tertiary/aromatic N) is 1. The number of para-hydroxylation sites is 1. The molecule has 0 aliphatic heterocycles. The maximum atomic E-state index is 13.3. The summed E-state index contributed by atoms with van der Waals surface area (Å²) < 4.78 is 31.6. The van der Waals surface area contributed by atoms with Gasteiger partial charge in [-0.2, -0.15) is 0 Å². The zero-order valence-corrected chi connectivity index (χ0v) is 8.86. The third-order valence-electron chi connectivity index (χ3n) is 2.16. The number of hydrogen-bond donors (Lipinski definition) is 1. The molecule has 0 spiro atoms. The molecule has 0 aliphatic rings. The van der Waals surface area contributed by atoms with Gasteiger partial charge in [-0.1, -0.05) is 12.1 Å². The maximum absolute atomic E-state index is 13.3. The van der Waals surface area contributed by atoms with Crippen molar-refractivity contribution in [2.45, 2.75) is 6.54 Å². The highest BCUT2D eigenvalue weighted by molar-refractivity contribution is 5.30. The van der Waals surface area contributed by atoms with Gasteiger partial charge < -0.3 is 10.5 Å². The molecule has 0 fully saturated rings. The number of rotatable bonds is 3. The Hall–Kier alpha value is -2.01. The summed E-state index contributed by atoms with van der Waals surface area (Å²) in [5.41, 5.74) is 6.21. The standard InChI is InChI=1S/C12H10F2N2O/c13-9-2-1-3-10(14)12(9)17-11-5-4-8(6-15)7-16-11/h1-5,7H,6,15H2. The molecule has 1 heterocycles. The van der Waals surface area contributed by atoms with Crippen LogP contribution in [-0.4, -0.2) is 4.98 Å². The van der Waals surface area contributed by atoms with Gasteiger partial charge >= 0.3 is 0 Å². The molecule has 1 aromatic carbocycles. The first-order valence-electron chi connectivity index (χ1n) is 4.97. The molecule has 0 aliphatic carbocycles. The lowest BCUT2D eigenvalue weighted by Gasteiger charge is -2.06. The number of pyridine rings is 1. The molecular weight excluding hydrogens is 226 g/mol. The number of ether oxygens (including phenoxy) is 1. The first kappa shape index (κ1) is 11.5. The fourth-order valence-corrected chi connectivity index (χ4v) is 1.28. The van der Waals surface area contributed by atoms with Gasteiger partial charge in [0.15, 0.2) is 11.6 Å². The molecule has 17 heavy (non-hydrogen) atoms. The molecule has 0 saturated heterocycles. The van der Waals surface area contributed by atoms with E-state index in [1.807, 2.05) is 0 Å². The highest BCUT2D eigenvalue weighted by atomic mass is 19.1. The normalized spacial score (nSPS) is 10.3.